The SMILES string of the molecule is CCN(CC)C(=O)N1CCN(Cn2nc3ccccn3c2=O)CC1. The molecule has 0 aromatic carbocycles. The summed E-state index contributed by atoms with van der Waals surface area (Å²) in [6.07, 6.45) is 1.72. The average molecular weight is 332 g/mol. The molecule has 8 heteroatoms. The van der Waals surface area contributed by atoms with Gasteiger partial charge in [-0.1, -0.05) is 6.07 Å². The van der Waals surface area contributed by atoms with Crippen molar-refractivity contribution in [3.8, 4) is 0 Å². The van der Waals surface area contributed by atoms with E-state index in [0.717, 1.165) is 26.2 Å². The summed E-state index contributed by atoms with van der Waals surface area (Å²) in [7, 11) is 0. The summed E-state index contributed by atoms with van der Waals surface area (Å²) in [6, 6.07) is 5.60. The van der Waals surface area contributed by atoms with Crippen molar-refractivity contribution < 1.29 is 4.79 Å². The van der Waals surface area contributed by atoms with E-state index in [2.05, 4.69) is 10.00 Å². The standard InChI is InChI=1S/C16H24N6O2/c1-3-19(4-2)15(23)20-11-9-18(10-12-20)13-22-16(24)21-8-6-5-7-14(21)17-22/h5-8H,3-4,9-13H2,1-2H3. The van der Waals surface area contributed by atoms with Crippen molar-refractivity contribution in [3.63, 3.8) is 0 Å². The molecule has 2 amide bonds. The minimum Gasteiger partial charge on any atom is -0.325 e. The van der Waals surface area contributed by atoms with E-state index >= 15 is 0 Å². The third-order valence-electron chi connectivity index (χ3n) is 4.50. The molecule has 8 nitrogen and oxygen atoms in total. The molecule has 1 aliphatic heterocycles. The Balaban J connectivity index is 1.62. The van der Waals surface area contributed by atoms with Crippen LogP contribution >= 0.6 is 0 Å². The van der Waals surface area contributed by atoms with Crippen LogP contribution in [0, 0.1) is 0 Å². The normalized spacial score (nSPS) is 15.8. The van der Waals surface area contributed by atoms with Gasteiger partial charge in [-0.3, -0.25) is 9.30 Å². The van der Waals surface area contributed by atoms with Gasteiger partial charge in [0.2, 0.25) is 0 Å². The molecule has 0 N–H and O–H groups in total. The number of nitrogens with zero attached hydrogens (tertiary/aromatic N) is 6. The van der Waals surface area contributed by atoms with Crippen LogP contribution < -0.4 is 5.69 Å². The first-order chi connectivity index (χ1) is 11.6. The number of hydrogen-bond donors (Lipinski definition) is 0. The second-order valence-electron chi connectivity index (χ2n) is 5.91. The largest absolute Gasteiger partial charge is 0.351 e. The Bertz CT molecular complexity index is 755. The molecule has 3 rings (SSSR count). The predicted octanol–water partition coefficient (Wildman–Crippen LogP) is 0.533. The molecular formula is C16H24N6O2. The minimum absolute atomic E-state index is 0.101. The number of carbonyl (C=O) groups excluding carboxylic acids is 1. The molecule has 3 heterocycles. The molecule has 2 aromatic heterocycles. The number of aromatic nitrogens is 3. The Morgan fingerprint density at radius 2 is 1.88 bits per heavy atom. The highest BCUT2D eigenvalue weighted by atomic mass is 16.2. The molecule has 0 spiro atoms. The third-order valence-corrected chi connectivity index (χ3v) is 4.50. The maximum atomic E-state index is 12.4. The van der Waals surface area contributed by atoms with E-state index in [1.54, 1.807) is 10.6 Å². The molecule has 0 radical (unpaired) electrons. The van der Waals surface area contributed by atoms with Crippen LogP contribution in [0.4, 0.5) is 4.79 Å². The Morgan fingerprint density at radius 1 is 1.17 bits per heavy atom. The number of urea groups is 1. The maximum absolute atomic E-state index is 12.4. The van der Waals surface area contributed by atoms with Crippen molar-refractivity contribution in [2.45, 2.75) is 20.5 Å². The lowest BCUT2D eigenvalue weighted by Crippen LogP contribution is -2.53. The zero-order chi connectivity index (χ0) is 17.1. The topological polar surface area (TPSA) is 66.1 Å². The van der Waals surface area contributed by atoms with E-state index in [1.807, 2.05) is 41.8 Å². The van der Waals surface area contributed by atoms with Crippen molar-refractivity contribution in [3.05, 3.63) is 34.9 Å². The van der Waals surface area contributed by atoms with Crippen LogP contribution in [0.2, 0.25) is 0 Å². The van der Waals surface area contributed by atoms with Crippen LogP contribution in [-0.2, 0) is 6.67 Å². The van der Waals surface area contributed by atoms with Gasteiger partial charge >= 0.3 is 11.7 Å². The van der Waals surface area contributed by atoms with Gasteiger partial charge in [0, 0.05) is 45.5 Å². The predicted molar refractivity (Wildman–Crippen MR) is 90.9 cm³/mol. The minimum atomic E-state index is -0.132. The first-order valence-corrected chi connectivity index (χ1v) is 8.44. The van der Waals surface area contributed by atoms with Crippen molar-refractivity contribution in [2.24, 2.45) is 0 Å². The number of pyridine rings is 1. The number of fused-ring (bicyclic) bond motifs is 1. The van der Waals surface area contributed by atoms with Crippen LogP contribution in [0.25, 0.3) is 5.65 Å². The van der Waals surface area contributed by atoms with Crippen LogP contribution in [-0.4, -0.2) is 74.2 Å². The van der Waals surface area contributed by atoms with E-state index in [0.29, 0.717) is 25.4 Å². The molecule has 0 saturated carbocycles. The van der Waals surface area contributed by atoms with Crippen LogP contribution in [0.15, 0.2) is 29.2 Å². The fourth-order valence-electron chi connectivity index (χ4n) is 3.02. The highest BCUT2D eigenvalue weighted by molar-refractivity contribution is 5.74. The fourth-order valence-corrected chi connectivity index (χ4v) is 3.02. The quantitative estimate of drug-likeness (QED) is 0.819. The molecule has 1 saturated heterocycles. The highest BCUT2D eigenvalue weighted by Crippen LogP contribution is 2.07. The Labute approximate surface area is 140 Å². The highest BCUT2D eigenvalue weighted by Gasteiger charge is 2.24. The Morgan fingerprint density at radius 3 is 2.50 bits per heavy atom. The molecular weight excluding hydrogens is 308 g/mol. The second kappa shape index (κ2) is 7.04. The molecule has 0 aliphatic carbocycles. The molecule has 0 unspecified atom stereocenters. The smallest absolute Gasteiger partial charge is 0.325 e. The number of amides is 2. The molecule has 24 heavy (non-hydrogen) atoms. The van der Waals surface area contributed by atoms with Gasteiger partial charge in [-0.25, -0.2) is 9.59 Å². The lowest BCUT2D eigenvalue weighted by Gasteiger charge is -2.36. The van der Waals surface area contributed by atoms with Gasteiger partial charge in [0.1, 0.15) is 0 Å². The van der Waals surface area contributed by atoms with Crippen LogP contribution in [0.5, 0.6) is 0 Å². The van der Waals surface area contributed by atoms with Crippen molar-refractivity contribution in [1.29, 1.82) is 0 Å². The second-order valence-corrected chi connectivity index (χ2v) is 5.91. The average Bonchev–Trinajstić information content (AvgIpc) is 2.93. The van der Waals surface area contributed by atoms with Crippen molar-refractivity contribution in [2.75, 3.05) is 39.3 Å². The summed E-state index contributed by atoms with van der Waals surface area (Å²) in [6.45, 7) is 8.74. The molecule has 0 atom stereocenters. The van der Waals surface area contributed by atoms with Gasteiger partial charge < -0.3 is 9.80 Å². The van der Waals surface area contributed by atoms with E-state index in [9.17, 15) is 9.59 Å². The summed E-state index contributed by atoms with van der Waals surface area (Å²) in [5.74, 6) is 0. The van der Waals surface area contributed by atoms with Gasteiger partial charge in [0.15, 0.2) is 5.65 Å². The number of rotatable bonds is 4. The zero-order valence-corrected chi connectivity index (χ0v) is 14.3. The zero-order valence-electron chi connectivity index (χ0n) is 14.3. The van der Waals surface area contributed by atoms with E-state index < -0.39 is 0 Å². The van der Waals surface area contributed by atoms with E-state index in [-0.39, 0.29) is 11.7 Å². The van der Waals surface area contributed by atoms with Gasteiger partial charge in [0.05, 0.1) is 6.67 Å². The van der Waals surface area contributed by atoms with Crippen LogP contribution in [0.3, 0.4) is 0 Å². The Hall–Kier alpha value is -2.35. The van der Waals surface area contributed by atoms with E-state index in [1.165, 1.54) is 4.68 Å². The maximum Gasteiger partial charge on any atom is 0.351 e. The first kappa shape index (κ1) is 16.5. The number of carbonyl (C=O) groups is 1. The molecule has 0 bridgehead atoms. The van der Waals surface area contributed by atoms with Crippen molar-refractivity contribution in [1.82, 2.24) is 28.9 Å². The lowest BCUT2D eigenvalue weighted by molar-refractivity contribution is 0.0965. The monoisotopic (exact) mass is 332 g/mol. The third kappa shape index (κ3) is 3.14. The fraction of sp³-hybridized carbons (Fsp3) is 0.562. The summed E-state index contributed by atoms with van der Waals surface area (Å²) in [5, 5.41) is 4.35. The molecule has 130 valence electrons. The molecule has 1 aliphatic rings. The Kier molecular flexibility index (Phi) is 4.84. The van der Waals surface area contributed by atoms with Crippen LogP contribution in [0.1, 0.15) is 13.8 Å². The number of piperazine rings is 1. The lowest BCUT2D eigenvalue weighted by atomic mass is 10.3. The summed E-state index contributed by atoms with van der Waals surface area (Å²) >= 11 is 0. The first-order valence-electron chi connectivity index (χ1n) is 8.44. The molecule has 2 aromatic rings. The summed E-state index contributed by atoms with van der Waals surface area (Å²) in [4.78, 5) is 30.5. The summed E-state index contributed by atoms with van der Waals surface area (Å²) in [5.41, 5.74) is 0.519. The van der Waals surface area contributed by atoms with E-state index in [4.69, 9.17) is 0 Å². The van der Waals surface area contributed by atoms with Gasteiger partial charge in [-0.2, -0.15) is 4.68 Å². The van der Waals surface area contributed by atoms with Gasteiger partial charge in [0.25, 0.3) is 0 Å². The van der Waals surface area contributed by atoms with Gasteiger partial charge in [-0.05, 0) is 26.0 Å². The number of hydrogen-bond acceptors (Lipinski definition) is 4. The summed E-state index contributed by atoms with van der Waals surface area (Å²) < 4.78 is 3.03. The van der Waals surface area contributed by atoms with Crippen molar-refractivity contribution >= 4 is 11.7 Å². The van der Waals surface area contributed by atoms with Gasteiger partial charge in [-0.15, -0.1) is 5.10 Å². The molecule has 1 fully saturated rings.